The summed E-state index contributed by atoms with van der Waals surface area (Å²) in [7, 11) is 1.65. The van der Waals surface area contributed by atoms with E-state index in [1.54, 1.807) is 7.11 Å². The molecule has 2 N–H and O–H groups in total. The third-order valence-corrected chi connectivity index (χ3v) is 6.14. The maximum absolute atomic E-state index is 6.24. The van der Waals surface area contributed by atoms with Crippen molar-refractivity contribution in [1.82, 2.24) is 15.0 Å². The lowest BCUT2D eigenvalue weighted by molar-refractivity contribution is 0.414. The lowest BCUT2D eigenvalue weighted by atomic mass is 9.99. The summed E-state index contributed by atoms with van der Waals surface area (Å²) < 4.78 is 6.38. The molecule has 7 heteroatoms. The first-order valence-electron chi connectivity index (χ1n) is 10.2. The van der Waals surface area contributed by atoms with Crippen LogP contribution in [0.1, 0.15) is 12.8 Å². The van der Waals surface area contributed by atoms with Crippen LogP contribution in [-0.4, -0.2) is 35.2 Å². The Morgan fingerprint density at radius 1 is 0.968 bits per heavy atom. The minimum Gasteiger partial charge on any atom is -0.497 e. The molecule has 0 saturated carbocycles. The van der Waals surface area contributed by atoms with Crippen LogP contribution in [0.15, 0.2) is 59.3 Å². The fourth-order valence-electron chi connectivity index (χ4n) is 4.12. The smallest absolute Gasteiger partial charge is 0.165 e. The molecule has 156 valence electrons. The summed E-state index contributed by atoms with van der Waals surface area (Å²) in [4.78, 5) is 15.8. The highest BCUT2D eigenvalue weighted by Gasteiger charge is 2.16. The van der Waals surface area contributed by atoms with Crippen molar-refractivity contribution < 1.29 is 4.74 Å². The topological polar surface area (TPSA) is 77.2 Å². The highest BCUT2D eigenvalue weighted by Crippen LogP contribution is 2.37. The molecule has 1 aliphatic heterocycles. The number of nitrogens with zero attached hydrogens (tertiary/aromatic N) is 4. The van der Waals surface area contributed by atoms with Crippen molar-refractivity contribution in [3.63, 3.8) is 0 Å². The number of aromatic nitrogens is 3. The van der Waals surface area contributed by atoms with Gasteiger partial charge in [-0.15, -0.1) is 0 Å². The Labute approximate surface area is 189 Å². The second kappa shape index (κ2) is 8.15. The Bertz CT molecular complexity index is 1250. The number of fused-ring (bicyclic) bond motifs is 1. The molecule has 2 aromatic heterocycles. The van der Waals surface area contributed by atoms with Gasteiger partial charge in [0.1, 0.15) is 17.9 Å². The summed E-state index contributed by atoms with van der Waals surface area (Å²) >= 11 is 3.57. The summed E-state index contributed by atoms with van der Waals surface area (Å²) in [5, 5.41) is 0.736. The van der Waals surface area contributed by atoms with Crippen molar-refractivity contribution in [3.05, 3.63) is 59.3 Å². The molecule has 0 unspecified atom stereocenters. The molecule has 1 fully saturated rings. The SMILES string of the molecule is COc1cc(Br)cc(-c2cc(-c3ccc(N4CCCC4)cc3)nc3ncnc(N)c23)c1. The number of halogens is 1. The number of pyridine rings is 1. The molecule has 6 nitrogen and oxygen atoms in total. The average molecular weight is 476 g/mol. The zero-order valence-corrected chi connectivity index (χ0v) is 18.8. The lowest BCUT2D eigenvalue weighted by Gasteiger charge is -2.18. The van der Waals surface area contributed by atoms with E-state index < -0.39 is 0 Å². The Morgan fingerprint density at radius 2 is 1.74 bits per heavy atom. The van der Waals surface area contributed by atoms with Gasteiger partial charge in [0.2, 0.25) is 0 Å². The maximum atomic E-state index is 6.24. The van der Waals surface area contributed by atoms with Crippen LogP contribution in [0.5, 0.6) is 5.75 Å². The van der Waals surface area contributed by atoms with Crippen LogP contribution in [0.2, 0.25) is 0 Å². The van der Waals surface area contributed by atoms with E-state index in [1.165, 1.54) is 24.9 Å². The standard InChI is InChI=1S/C24H22BrN5O/c1-31-19-11-16(10-17(25)12-19)20-13-21(29-24-22(20)23(26)27-14-28-24)15-4-6-18(7-5-15)30-8-2-3-9-30/h4-7,10-14H,2-3,8-9H2,1H3,(H2,26,27,28,29). The van der Waals surface area contributed by atoms with Crippen LogP contribution in [-0.2, 0) is 0 Å². The van der Waals surface area contributed by atoms with Gasteiger partial charge >= 0.3 is 0 Å². The van der Waals surface area contributed by atoms with Crippen molar-refractivity contribution in [2.75, 3.05) is 30.8 Å². The molecule has 4 aromatic rings. The van der Waals surface area contributed by atoms with E-state index in [0.717, 1.165) is 51.1 Å². The number of hydrogen-bond acceptors (Lipinski definition) is 6. The van der Waals surface area contributed by atoms with Gasteiger partial charge in [-0.2, -0.15) is 0 Å². The van der Waals surface area contributed by atoms with Gasteiger partial charge in [-0.1, -0.05) is 28.1 Å². The minimum atomic E-state index is 0.405. The molecule has 1 aliphatic rings. The first kappa shape index (κ1) is 19.8. The third kappa shape index (κ3) is 3.81. The number of anilines is 2. The van der Waals surface area contributed by atoms with Gasteiger partial charge in [-0.3, -0.25) is 0 Å². The Hall–Kier alpha value is -3.19. The van der Waals surface area contributed by atoms with Crippen molar-refractivity contribution in [2.45, 2.75) is 12.8 Å². The largest absolute Gasteiger partial charge is 0.497 e. The predicted molar refractivity (Wildman–Crippen MR) is 128 cm³/mol. The van der Waals surface area contributed by atoms with Gasteiger partial charge in [0, 0.05) is 28.8 Å². The van der Waals surface area contributed by atoms with Gasteiger partial charge < -0.3 is 15.4 Å². The van der Waals surface area contributed by atoms with E-state index in [0.29, 0.717) is 11.5 Å². The first-order chi connectivity index (χ1) is 15.1. The highest BCUT2D eigenvalue weighted by atomic mass is 79.9. The predicted octanol–water partition coefficient (Wildman–Crippen LogP) is 5.31. The van der Waals surface area contributed by atoms with E-state index in [1.807, 2.05) is 24.3 Å². The zero-order chi connectivity index (χ0) is 21.4. The summed E-state index contributed by atoms with van der Waals surface area (Å²) in [6.07, 6.45) is 3.97. The van der Waals surface area contributed by atoms with Gasteiger partial charge in [0.05, 0.1) is 18.2 Å². The van der Waals surface area contributed by atoms with E-state index >= 15 is 0 Å². The molecule has 0 atom stereocenters. The van der Waals surface area contributed by atoms with Crippen LogP contribution in [0.25, 0.3) is 33.4 Å². The normalized spacial score (nSPS) is 13.7. The van der Waals surface area contributed by atoms with Crippen LogP contribution in [0.3, 0.4) is 0 Å². The lowest BCUT2D eigenvalue weighted by Crippen LogP contribution is -2.17. The van der Waals surface area contributed by atoms with Crippen molar-refractivity contribution in [3.8, 4) is 28.1 Å². The molecule has 1 saturated heterocycles. The second-order valence-electron chi connectivity index (χ2n) is 7.63. The number of nitrogens with two attached hydrogens (primary N) is 1. The number of rotatable bonds is 4. The fraction of sp³-hybridized carbons (Fsp3) is 0.208. The van der Waals surface area contributed by atoms with Crippen molar-refractivity contribution in [1.29, 1.82) is 0 Å². The monoisotopic (exact) mass is 475 g/mol. The van der Waals surface area contributed by atoms with Crippen LogP contribution >= 0.6 is 15.9 Å². The van der Waals surface area contributed by atoms with E-state index in [-0.39, 0.29) is 0 Å². The minimum absolute atomic E-state index is 0.405. The van der Waals surface area contributed by atoms with E-state index in [9.17, 15) is 0 Å². The maximum Gasteiger partial charge on any atom is 0.165 e. The summed E-state index contributed by atoms with van der Waals surface area (Å²) in [6.45, 7) is 2.25. The Kier molecular flexibility index (Phi) is 5.19. The van der Waals surface area contributed by atoms with Crippen LogP contribution in [0.4, 0.5) is 11.5 Å². The van der Waals surface area contributed by atoms with Crippen LogP contribution in [0, 0.1) is 0 Å². The molecular formula is C24H22BrN5O. The van der Waals surface area contributed by atoms with Crippen LogP contribution < -0.4 is 15.4 Å². The highest BCUT2D eigenvalue weighted by molar-refractivity contribution is 9.10. The zero-order valence-electron chi connectivity index (χ0n) is 17.2. The van der Waals surface area contributed by atoms with Gasteiger partial charge in [-0.05, 0) is 60.4 Å². The molecule has 0 bridgehead atoms. The van der Waals surface area contributed by atoms with Crippen molar-refractivity contribution in [2.24, 2.45) is 0 Å². The summed E-state index contributed by atoms with van der Waals surface area (Å²) in [5.41, 5.74) is 11.8. The Balaban J connectivity index is 1.66. The van der Waals surface area contributed by atoms with Gasteiger partial charge in [0.15, 0.2) is 5.65 Å². The molecule has 0 radical (unpaired) electrons. The van der Waals surface area contributed by atoms with Gasteiger partial charge in [-0.25, -0.2) is 15.0 Å². The second-order valence-corrected chi connectivity index (χ2v) is 8.55. The van der Waals surface area contributed by atoms with Gasteiger partial charge in [0.25, 0.3) is 0 Å². The molecular weight excluding hydrogens is 454 g/mol. The Morgan fingerprint density at radius 3 is 2.48 bits per heavy atom. The summed E-state index contributed by atoms with van der Waals surface area (Å²) in [6, 6.07) is 16.6. The molecule has 5 rings (SSSR count). The first-order valence-corrected chi connectivity index (χ1v) is 11.0. The van der Waals surface area contributed by atoms with E-state index in [4.69, 9.17) is 15.5 Å². The molecule has 0 spiro atoms. The molecule has 2 aromatic carbocycles. The number of nitrogen functional groups attached to an aromatic ring is 1. The summed E-state index contributed by atoms with van der Waals surface area (Å²) in [5.74, 6) is 1.16. The fourth-order valence-corrected chi connectivity index (χ4v) is 4.59. The number of methoxy groups -OCH3 is 1. The number of hydrogen-bond donors (Lipinski definition) is 1. The molecule has 3 heterocycles. The molecule has 0 aliphatic carbocycles. The number of ether oxygens (including phenoxy) is 1. The molecule has 0 amide bonds. The molecule has 31 heavy (non-hydrogen) atoms. The number of benzene rings is 2. The average Bonchev–Trinajstić information content (AvgIpc) is 3.33. The third-order valence-electron chi connectivity index (χ3n) is 5.69. The quantitative estimate of drug-likeness (QED) is 0.430. The van der Waals surface area contributed by atoms with E-state index in [2.05, 4.69) is 55.1 Å². The van der Waals surface area contributed by atoms with Crippen molar-refractivity contribution >= 4 is 38.5 Å².